The predicted molar refractivity (Wildman–Crippen MR) is 106 cm³/mol. The minimum absolute atomic E-state index is 0.149. The van der Waals surface area contributed by atoms with Gasteiger partial charge in [-0.1, -0.05) is 12.1 Å². The van der Waals surface area contributed by atoms with Crippen LogP contribution in [0.25, 0.3) is 22.2 Å². The summed E-state index contributed by atoms with van der Waals surface area (Å²) < 4.78 is 1.45. The van der Waals surface area contributed by atoms with Crippen LogP contribution in [0.1, 0.15) is 5.56 Å². The van der Waals surface area contributed by atoms with E-state index in [0.29, 0.717) is 34.6 Å². The van der Waals surface area contributed by atoms with Gasteiger partial charge in [0.15, 0.2) is 0 Å². The molecule has 0 unspecified atom stereocenters. The van der Waals surface area contributed by atoms with E-state index in [0.717, 1.165) is 11.1 Å². The molecule has 0 amide bonds. The third kappa shape index (κ3) is 3.35. The van der Waals surface area contributed by atoms with Gasteiger partial charge >= 0.3 is 0 Å². The first-order valence-electron chi connectivity index (χ1n) is 8.47. The summed E-state index contributed by atoms with van der Waals surface area (Å²) in [7, 11) is 1.67. The van der Waals surface area contributed by atoms with E-state index in [2.05, 4.69) is 15.3 Å². The Bertz CT molecular complexity index is 1170. The molecule has 0 saturated heterocycles. The molecule has 3 heterocycles. The van der Waals surface area contributed by atoms with Crippen molar-refractivity contribution in [3.8, 4) is 11.3 Å². The van der Waals surface area contributed by atoms with Gasteiger partial charge in [0.05, 0.1) is 17.5 Å². The van der Waals surface area contributed by atoms with Crippen LogP contribution in [-0.4, -0.2) is 19.5 Å². The summed E-state index contributed by atoms with van der Waals surface area (Å²) in [4.78, 5) is 25.8. The first-order chi connectivity index (χ1) is 13.1. The quantitative estimate of drug-likeness (QED) is 0.544. The SMILES string of the molecule is Cn1cnc2cc(-c3cccc(N)c3)nc(NCc3ccncc3)c2c1=O. The van der Waals surface area contributed by atoms with Crippen LogP contribution < -0.4 is 16.6 Å². The van der Waals surface area contributed by atoms with E-state index in [1.54, 1.807) is 19.4 Å². The molecule has 3 aromatic heterocycles. The fourth-order valence-electron chi connectivity index (χ4n) is 2.88. The summed E-state index contributed by atoms with van der Waals surface area (Å²) in [6.45, 7) is 0.517. The highest BCUT2D eigenvalue weighted by Gasteiger charge is 2.13. The Morgan fingerprint density at radius 1 is 1.15 bits per heavy atom. The molecule has 0 aliphatic rings. The number of pyridine rings is 2. The zero-order chi connectivity index (χ0) is 18.8. The average Bonchev–Trinajstić information content (AvgIpc) is 2.69. The number of hydrogen-bond acceptors (Lipinski definition) is 6. The van der Waals surface area contributed by atoms with Gasteiger partial charge in [-0.2, -0.15) is 0 Å². The number of nitrogens with one attached hydrogen (secondary N) is 1. The van der Waals surface area contributed by atoms with Gasteiger partial charge in [0.1, 0.15) is 11.2 Å². The maximum absolute atomic E-state index is 12.7. The van der Waals surface area contributed by atoms with Crippen molar-refractivity contribution in [3.63, 3.8) is 0 Å². The third-order valence-electron chi connectivity index (χ3n) is 4.29. The van der Waals surface area contributed by atoms with Crippen LogP contribution in [0.3, 0.4) is 0 Å². The molecule has 0 atom stereocenters. The molecule has 7 nitrogen and oxygen atoms in total. The van der Waals surface area contributed by atoms with Crippen molar-refractivity contribution in [2.75, 3.05) is 11.1 Å². The van der Waals surface area contributed by atoms with Crippen molar-refractivity contribution >= 4 is 22.4 Å². The molecule has 0 radical (unpaired) electrons. The molecule has 0 spiro atoms. The van der Waals surface area contributed by atoms with Gasteiger partial charge in [-0.05, 0) is 35.9 Å². The number of nitrogen functional groups attached to an aromatic ring is 1. The van der Waals surface area contributed by atoms with Crippen molar-refractivity contribution in [2.24, 2.45) is 7.05 Å². The highest BCUT2D eigenvalue weighted by Crippen LogP contribution is 2.26. The van der Waals surface area contributed by atoms with Crippen LogP contribution >= 0.6 is 0 Å². The van der Waals surface area contributed by atoms with Crippen molar-refractivity contribution in [1.82, 2.24) is 19.5 Å². The number of benzene rings is 1. The van der Waals surface area contributed by atoms with Gasteiger partial charge in [-0.15, -0.1) is 0 Å². The number of nitrogens with two attached hydrogens (primary N) is 1. The van der Waals surface area contributed by atoms with Crippen molar-refractivity contribution < 1.29 is 0 Å². The summed E-state index contributed by atoms with van der Waals surface area (Å²) in [5, 5.41) is 3.73. The molecule has 4 aromatic rings. The Kier molecular flexibility index (Phi) is 4.25. The number of anilines is 2. The van der Waals surface area contributed by atoms with Gasteiger partial charge in [0, 0.05) is 37.2 Å². The maximum atomic E-state index is 12.7. The van der Waals surface area contributed by atoms with Gasteiger partial charge in [-0.3, -0.25) is 9.78 Å². The number of rotatable bonds is 4. The maximum Gasteiger partial charge on any atom is 0.264 e. The fourth-order valence-corrected chi connectivity index (χ4v) is 2.88. The van der Waals surface area contributed by atoms with E-state index in [-0.39, 0.29) is 5.56 Å². The fraction of sp³-hybridized carbons (Fsp3) is 0.100. The van der Waals surface area contributed by atoms with Crippen LogP contribution in [-0.2, 0) is 13.6 Å². The molecule has 3 N–H and O–H groups in total. The first kappa shape index (κ1) is 16.7. The predicted octanol–water partition coefficient (Wildman–Crippen LogP) is 2.58. The Balaban J connectivity index is 1.85. The van der Waals surface area contributed by atoms with Crippen molar-refractivity contribution in [2.45, 2.75) is 6.54 Å². The van der Waals surface area contributed by atoms with Crippen LogP contribution in [0.4, 0.5) is 11.5 Å². The standard InChI is InChI=1S/C20H18N6O/c1-26-12-24-17-10-16(14-3-2-4-15(21)9-14)25-19(18(17)20(26)27)23-11-13-5-7-22-8-6-13/h2-10,12H,11,21H2,1H3,(H,23,25). The summed E-state index contributed by atoms with van der Waals surface area (Å²) in [5.41, 5.74) is 9.60. The molecular formula is C20H18N6O. The Labute approximate surface area is 155 Å². The lowest BCUT2D eigenvalue weighted by atomic mass is 10.1. The molecule has 4 rings (SSSR count). The number of aryl methyl sites for hydroxylation is 1. The first-order valence-corrected chi connectivity index (χ1v) is 8.47. The number of nitrogens with zero attached hydrogens (tertiary/aromatic N) is 4. The molecule has 7 heteroatoms. The minimum atomic E-state index is -0.149. The monoisotopic (exact) mass is 358 g/mol. The smallest absolute Gasteiger partial charge is 0.264 e. The van der Waals surface area contributed by atoms with Crippen LogP contribution in [0.15, 0.2) is 66.0 Å². The molecular weight excluding hydrogens is 340 g/mol. The summed E-state index contributed by atoms with van der Waals surface area (Å²) in [5.74, 6) is 0.496. The van der Waals surface area contributed by atoms with Gasteiger partial charge in [0.2, 0.25) is 0 Å². The molecule has 0 aliphatic heterocycles. The van der Waals surface area contributed by atoms with Gasteiger partial charge in [-0.25, -0.2) is 9.97 Å². The average molecular weight is 358 g/mol. The molecule has 0 fully saturated rings. The topological polar surface area (TPSA) is 98.7 Å². The van der Waals surface area contributed by atoms with E-state index < -0.39 is 0 Å². The zero-order valence-electron chi connectivity index (χ0n) is 14.8. The van der Waals surface area contributed by atoms with Crippen LogP contribution in [0.2, 0.25) is 0 Å². The second-order valence-corrected chi connectivity index (χ2v) is 6.25. The highest BCUT2D eigenvalue weighted by molar-refractivity contribution is 5.91. The minimum Gasteiger partial charge on any atom is -0.399 e. The van der Waals surface area contributed by atoms with E-state index in [1.807, 2.05) is 42.5 Å². The summed E-state index contributed by atoms with van der Waals surface area (Å²) in [6.07, 6.45) is 4.97. The number of aromatic nitrogens is 4. The van der Waals surface area contributed by atoms with Gasteiger partial charge < -0.3 is 15.6 Å². The van der Waals surface area contributed by atoms with Crippen molar-refractivity contribution in [3.05, 3.63) is 77.1 Å². The molecule has 0 saturated carbocycles. The molecule has 0 bridgehead atoms. The van der Waals surface area contributed by atoms with E-state index in [4.69, 9.17) is 10.7 Å². The number of fused-ring (bicyclic) bond motifs is 1. The van der Waals surface area contributed by atoms with Crippen LogP contribution in [0, 0.1) is 0 Å². The Morgan fingerprint density at radius 3 is 2.74 bits per heavy atom. The second-order valence-electron chi connectivity index (χ2n) is 6.25. The molecule has 134 valence electrons. The molecule has 27 heavy (non-hydrogen) atoms. The molecule has 1 aromatic carbocycles. The van der Waals surface area contributed by atoms with E-state index in [9.17, 15) is 4.79 Å². The summed E-state index contributed by atoms with van der Waals surface area (Å²) >= 11 is 0. The second kappa shape index (κ2) is 6.87. The Morgan fingerprint density at radius 2 is 1.96 bits per heavy atom. The molecule has 0 aliphatic carbocycles. The lowest BCUT2D eigenvalue weighted by Crippen LogP contribution is -2.19. The lowest BCUT2D eigenvalue weighted by molar-refractivity contribution is 0.842. The van der Waals surface area contributed by atoms with Crippen molar-refractivity contribution in [1.29, 1.82) is 0 Å². The lowest BCUT2D eigenvalue weighted by Gasteiger charge is -2.12. The third-order valence-corrected chi connectivity index (χ3v) is 4.29. The highest BCUT2D eigenvalue weighted by atomic mass is 16.1. The largest absolute Gasteiger partial charge is 0.399 e. The zero-order valence-corrected chi connectivity index (χ0v) is 14.8. The van der Waals surface area contributed by atoms with Gasteiger partial charge in [0.25, 0.3) is 5.56 Å². The number of hydrogen-bond donors (Lipinski definition) is 2. The van der Waals surface area contributed by atoms with Crippen LogP contribution in [0.5, 0.6) is 0 Å². The van der Waals surface area contributed by atoms with E-state index >= 15 is 0 Å². The van der Waals surface area contributed by atoms with E-state index in [1.165, 1.54) is 10.9 Å². The summed E-state index contributed by atoms with van der Waals surface area (Å²) in [6, 6.07) is 13.1. The normalized spacial score (nSPS) is 10.9. The Hall–Kier alpha value is -3.74.